The summed E-state index contributed by atoms with van der Waals surface area (Å²) in [6.45, 7) is 4.26. The van der Waals surface area contributed by atoms with Crippen LogP contribution < -0.4 is 10.6 Å². The first kappa shape index (κ1) is 18.0. The van der Waals surface area contributed by atoms with E-state index in [1.165, 1.54) is 26.0 Å². The molecule has 0 aliphatic rings. The van der Waals surface area contributed by atoms with E-state index in [-0.39, 0.29) is 22.8 Å². The molecule has 2 aromatic rings. The van der Waals surface area contributed by atoms with Crippen LogP contribution in [0, 0.1) is 18.3 Å². The second kappa shape index (κ2) is 7.50. The number of aryl methyl sites for hydroxylation is 1. The SMILES string of the molecule is CC(=O)Nc1cc(N=Nc2snc(C)c2C#N)cc(NC(C)=O)c1O. The van der Waals surface area contributed by atoms with E-state index in [2.05, 4.69) is 25.2 Å². The minimum atomic E-state index is -0.400. The number of hydrogen-bond acceptors (Lipinski definition) is 8. The Morgan fingerprint density at radius 1 is 1.20 bits per heavy atom. The summed E-state index contributed by atoms with van der Waals surface area (Å²) in [6, 6.07) is 4.79. The Morgan fingerprint density at radius 3 is 2.24 bits per heavy atom. The molecule has 0 aliphatic carbocycles. The van der Waals surface area contributed by atoms with Crippen molar-refractivity contribution in [2.75, 3.05) is 10.6 Å². The maximum atomic E-state index is 11.3. The standard InChI is InChI=1S/C15H14N6O3S/c1-7-11(6-16)15(25-21-7)20-19-10-4-12(17-8(2)22)14(24)13(5-10)18-9(3)23/h4-5,24H,1-3H3,(H,17,22)(H,18,23). The maximum Gasteiger partial charge on any atom is 0.221 e. The van der Waals surface area contributed by atoms with Gasteiger partial charge in [-0.1, -0.05) is 0 Å². The van der Waals surface area contributed by atoms with Crippen molar-refractivity contribution in [1.82, 2.24) is 4.37 Å². The topological polar surface area (TPSA) is 140 Å². The zero-order valence-corrected chi connectivity index (χ0v) is 14.4. The molecule has 0 saturated carbocycles. The largest absolute Gasteiger partial charge is 0.504 e. The molecule has 2 amide bonds. The van der Waals surface area contributed by atoms with Gasteiger partial charge in [-0.25, -0.2) is 0 Å². The third-order valence-electron chi connectivity index (χ3n) is 2.93. The van der Waals surface area contributed by atoms with Crippen molar-refractivity contribution in [3.05, 3.63) is 23.4 Å². The lowest BCUT2D eigenvalue weighted by Gasteiger charge is -2.11. The second-order valence-electron chi connectivity index (χ2n) is 5.01. The first-order chi connectivity index (χ1) is 11.8. The van der Waals surface area contributed by atoms with E-state index in [0.29, 0.717) is 16.3 Å². The van der Waals surface area contributed by atoms with Crippen molar-refractivity contribution in [1.29, 1.82) is 5.26 Å². The Labute approximate surface area is 147 Å². The molecule has 0 aliphatic heterocycles. The van der Waals surface area contributed by atoms with Gasteiger partial charge in [-0.15, -0.1) is 10.2 Å². The zero-order chi connectivity index (χ0) is 18.6. The number of hydrogen-bond donors (Lipinski definition) is 3. The number of nitriles is 1. The Morgan fingerprint density at radius 2 is 1.76 bits per heavy atom. The van der Waals surface area contributed by atoms with Crippen LogP contribution in [0.5, 0.6) is 5.75 Å². The van der Waals surface area contributed by atoms with Crippen LogP contribution in [0.25, 0.3) is 0 Å². The number of carbonyl (C=O) groups is 2. The van der Waals surface area contributed by atoms with E-state index in [1.807, 2.05) is 6.07 Å². The molecule has 9 nitrogen and oxygen atoms in total. The van der Waals surface area contributed by atoms with Gasteiger partial charge in [-0.3, -0.25) is 9.59 Å². The van der Waals surface area contributed by atoms with Gasteiger partial charge in [0.1, 0.15) is 11.6 Å². The van der Waals surface area contributed by atoms with Crippen molar-refractivity contribution in [2.24, 2.45) is 10.2 Å². The van der Waals surface area contributed by atoms with Gasteiger partial charge in [-0.2, -0.15) is 9.64 Å². The van der Waals surface area contributed by atoms with Crippen LogP contribution in [0.2, 0.25) is 0 Å². The number of carbonyl (C=O) groups excluding carboxylic acids is 2. The van der Waals surface area contributed by atoms with Crippen molar-refractivity contribution in [2.45, 2.75) is 20.8 Å². The van der Waals surface area contributed by atoms with Crippen LogP contribution in [0.1, 0.15) is 25.1 Å². The fourth-order valence-corrected chi connectivity index (χ4v) is 2.58. The first-order valence-corrected chi connectivity index (χ1v) is 7.79. The summed E-state index contributed by atoms with van der Waals surface area (Å²) in [6.07, 6.45) is 0. The average Bonchev–Trinajstić information content (AvgIpc) is 2.88. The molecule has 0 saturated heterocycles. The minimum Gasteiger partial charge on any atom is -0.504 e. The summed E-state index contributed by atoms with van der Waals surface area (Å²) in [7, 11) is 0. The summed E-state index contributed by atoms with van der Waals surface area (Å²) < 4.78 is 4.04. The van der Waals surface area contributed by atoms with E-state index < -0.39 is 11.8 Å². The molecule has 0 radical (unpaired) electrons. The van der Waals surface area contributed by atoms with Gasteiger partial charge < -0.3 is 15.7 Å². The Bertz CT molecular complexity index is 875. The molecule has 0 unspecified atom stereocenters. The summed E-state index contributed by atoms with van der Waals surface area (Å²) in [5.41, 5.74) is 1.31. The van der Waals surface area contributed by atoms with Gasteiger partial charge >= 0.3 is 0 Å². The van der Waals surface area contributed by atoms with E-state index in [9.17, 15) is 14.7 Å². The van der Waals surface area contributed by atoms with Crippen LogP contribution in [-0.4, -0.2) is 21.3 Å². The summed E-state index contributed by atoms with van der Waals surface area (Å²) >= 11 is 1.03. The molecule has 128 valence electrons. The van der Waals surface area contributed by atoms with E-state index in [4.69, 9.17) is 5.26 Å². The highest BCUT2D eigenvalue weighted by Crippen LogP contribution is 2.38. The first-order valence-electron chi connectivity index (χ1n) is 7.02. The fourth-order valence-electron chi connectivity index (χ4n) is 1.90. The van der Waals surface area contributed by atoms with Crippen molar-refractivity contribution < 1.29 is 14.7 Å². The summed E-state index contributed by atoms with van der Waals surface area (Å²) in [5, 5.41) is 32.5. The van der Waals surface area contributed by atoms with Crippen molar-refractivity contribution in [3.8, 4) is 11.8 Å². The molecular weight excluding hydrogens is 344 g/mol. The van der Waals surface area contributed by atoms with E-state index in [1.54, 1.807) is 6.92 Å². The highest BCUT2D eigenvalue weighted by molar-refractivity contribution is 7.10. The van der Waals surface area contributed by atoms with Crippen molar-refractivity contribution >= 4 is 45.4 Å². The van der Waals surface area contributed by atoms with Crippen LogP contribution in [-0.2, 0) is 9.59 Å². The lowest BCUT2D eigenvalue weighted by molar-refractivity contribution is -0.115. The molecule has 0 spiro atoms. The molecule has 2 rings (SSSR count). The number of nitrogens with zero attached hydrogens (tertiary/aromatic N) is 4. The number of benzene rings is 1. The smallest absolute Gasteiger partial charge is 0.221 e. The molecule has 25 heavy (non-hydrogen) atoms. The van der Waals surface area contributed by atoms with E-state index in [0.717, 1.165) is 11.5 Å². The van der Waals surface area contributed by atoms with Gasteiger partial charge in [0.2, 0.25) is 11.8 Å². The zero-order valence-electron chi connectivity index (χ0n) is 13.6. The quantitative estimate of drug-likeness (QED) is 0.568. The normalized spacial score (nSPS) is 10.5. The number of rotatable bonds is 4. The number of azo groups is 1. The minimum absolute atomic E-state index is 0.0775. The lowest BCUT2D eigenvalue weighted by Crippen LogP contribution is -2.09. The number of anilines is 2. The molecular formula is C15H14N6O3S. The van der Waals surface area contributed by atoms with E-state index >= 15 is 0 Å². The molecule has 3 N–H and O–H groups in total. The molecule has 1 heterocycles. The number of aromatic nitrogens is 1. The van der Waals surface area contributed by atoms with Crippen LogP contribution in [0.4, 0.5) is 22.1 Å². The molecule has 0 atom stereocenters. The number of phenolic OH excluding ortho intramolecular Hbond substituents is 1. The molecule has 0 bridgehead atoms. The number of amides is 2. The molecule has 1 aromatic carbocycles. The van der Waals surface area contributed by atoms with Gasteiger partial charge in [-0.05, 0) is 30.6 Å². The van der Waals surface area contributed by atoms with Crippen LogP contribution in [0.3, 0.4) is 0 Å². The van der Waals surface area contributed by atoms with Crippen molar-refractivity contribution in [3.63, 3.8) is 0 Å². The van der Waals surface area contributed by atoms with Gasteiger partial charge in [0, 0.05) is 13.8 Å². The Balaban J connectivity index is 2.45. The lowest BCUT2D eigenvalue weighted by atomic mass is 10.2. The second-order valence-corrected chi connectivity index (χ2v) is 5.76. The maximum absolute atomic E-state index is 11.3. The fraction of sp³-hybridized carbons (Fsp3) is 0.200. The summed E-state index contributed by atoms with van der Waals surface area (Å²) in [4.78, 5) is 22.5. The number of nitrogens with one attached hydrogen (secondary N) is 2. The average molecular weight is 358 g/mol. The highest BCUT2D eigenvalue weighted by Gasteiger charge is 2.13. The predicted molar refractivity (Wildman–Crippen MR) is 92.5 cm³/mol. The van der Waals surface area contributed by atoms with Gasteiger partial charge in [0.05, 0.1) is 22.8 Å². The molecule has 10 heteroatoms. The Hall–Kier alpha value is -3.32. The number of phenols is 1. The van der Waals surface area contributed by atoms with Gasteiger partial charge in [0.15, 0.2) is 10.8 Å². The third kappa shape index (κ3) is 4.36. The summed E-state index contributed by atoms with van der Waals surface area (Å²) in [5.74, 6) is -1.10. The Kier molecular flexibility index (Phi) is 5.41. The highest BCUT2D eigenvalue weighted by atomic mass is 32.1. The van der Waals surface area contributed by atoms with Gasteiger partial charge in [0.25, 0.3) is 0 Å². The molecule has 1 aromatic heterocycles. The monoisotopic (exact) mass is 358 g/mol. The third-order valence-corrected chi connectivity index (χ3v) is 3.75. The predicted octanol–water partition coefficient (Wildman–Crippen LogP) is 3.36. The molecule has 0 fully saturated rings. The van der Waals surface area contributed by atoms with Crippen LogP contribution in [0.15, 0.2) is 22.4 Å². The van der Waals surface area contributed by atoms with Crippen LogP contribution >= 0.6 is 11.5 Å². The number of aromatic hydroxyl groups is 1.